The summed E-state index contributed by atoms with van der Waals surface area (Å²) in [6.07, 6.45) is 0. The zero-order valence-electron chi connectivity index (χ0n) is 11.1. The molecule has 0 aliphatic carbocycles. The van der Waals surface area contributed by atoms with Gasteiger partial charge < -0.3 is 4.57 Å². The smallest absolute Gasteiger partial charge is 0.279 e. The van der Waals surface area contributed by atoms with Gasteiger partial charge in [0.05, 0.1) is 4.88 Å². The SMILES string of the molecule is CC(=O)NNC(=O)c1cc2c3ccccc3n(C)c2s1. The minimum atomic E-state index is -0.301. The monoisotopic (exact) mass is 287 g/mol. The van der Waals surface area contributed by atoms with Crippen molar-refractivity contribution in [3.8, 4) is 0 Å². The molecule has 5 nitrogen and oxygen atoms in total. The van der Waals surface area contributed by atoms with Crippen LogP contribution in [0.3, 0.4) is 0 Å². The molecule has 0 aliphatic heterocycles. The van der Waals surface area contributed by atoms with Crippen LogP contribution in [0.4, 0.5) is 0 Å². The third-order valence-electron chi connectivity index (χ3n) is 3.15. The molecule has 6 heteroatoms. The van der Waals surface area contributed by atoms with Crippen LogP contribution in [0.15, 0.2) is 30.3 Å². The van der Waals surface area contributed by atoms with Gasteiger partial charge in [0, 0.05) is 30.3 Å². The van der Waals surface area contributed by atoms with E-state index in [1.807, 2.05) is 31.3 Å². The molecule has 0 unspecified atom stereocenters. The first kappa shape index (κ1) is 12.7. The number of benzene rings is 1. The van der Waals surface area contributed by atoms with Crippen molar-refractivity contribution in [1.82, 2.24) is 15.4 Å². The largest absolute Gasteiger partial charge is 0.335 e. The maximum absolute atomic E-state index is 11.9. The molecular formula is C14H13N3O2S. The van der Waals surface area contributed by atoms with Gasteiger partial charge in [0.25, 0.3) is 5.91 Å². The van der Waals surface area contributed by atoms with Crippen molar-refractivity contribution < 1.29 is 9.59 Å². The van der Waals surface area contributed by atoms with Gasteiger partial charge in [0.2, 0.25) is 5.91 Å². The number of hydrogen-bond donors (Lipinski definition) is 2. The third kappa shape index (κ3) is 1.94. The van der Waals surface area contributed by atoms with Crippen molar-refractivity contribution in [3.05, 3.63) is 35.2 Å². The molecule has 0 aliphatic rings. The van der Waals surface area contributed by atoms with Gasteiger partial charge in [-0.05, 0) is 12.1 Å². The number of hydrazine groups is 1. The lowest BCUT2D eigenvalue weighted by Crippen LogP contribution is -2.39. The number of carbonyl (C=O) groups is 2. The maximum atomic E-state index is 11.9. The summed E-state index contributed by atoms with van der Waals surface area (Å²) in [6.45, 7) is 1.35. The third-order valence-corrected chi connectivity index (χ3v) is 4.36. The summed E-state index contributed by atoms with van der Waals surface area (Å²) in [4.78, 5) is 24.4. The average Bonchev–Trinajstić information content (AvgIpc) is 2.97. The number of hydrogen-bond acceptors (Lipinski definition) is 3. The Kier molecular flexibility index (Phi) is 2.94. The van der Waals surface area contributed by atoms with Crippen LogP contribution in [0.2, 0.25) is 0 Å². The molecule has 2 aromatic heterocycles. The van der Waals surface area contributed by atoms with E-state index in [0.717, 1.165) is 21.1 Å². The Labute approximate surface area is 119 Å². The fourth-order valence-electron chi connectivity index (χ4n) is 2.25. The lowest BCUT2D eigenvalue weighted by molar-refractivity contribution is -0.119. The van der Waals surface area contributed by atoms with E-state index in [1.165, 1.54) is 18.3 Å². The summed E-state index contributed by atoms with van der Waals surface area (Å²) in [5.74, 6) is -0.601. The fraction of sp³-hybridized carbons (Fsp3) is 0.143. The average molecular weight is 287 g/mol. The molecule has 0 atom stereocenters. The van der Waals surface area contributed by atoms with Crippen molar-refractivity contribution in [1.29, 1.82) is 0 Å². The number of nitrogens with zero attached hydrogens (tertiary/aromatic N) is 1. The maximum Gasteiger partial charge on any atom is 0.279 e. The van der Waals surface area contributed by atoms with Gasteiger partial charge in [-0.1, -0.05) is 18.2 Å². The van der Waals surface area contributed by atoms with Gasteiger partial charge in [-0.2, -0.15) is 0 Å². The first-order valence-corrected chi connectivity index (χ1v) is 6.93. The van der Waals surface area contributed by atoms with E-state index in [0.29, 0.717) is 4.88 Å². The zero-order valence-corrected chi connectivity index (χ0v) is 11.9. The minimum Gasteiger partial charge on any atom is -0.335 e. The highest BCUT2D eigenvalue weighted by Crippen LogP contribution is 2.34. The first-order valence-electron chi connectivity index (χ1n) is 6.12. The Morgan fingerprint density at radius 1 is 1.15 bits per heavy atom. The molecule has 102 valence electrons. The summed E-state index contributed by atoms with van der Waals surface area (Å²) in [6, 6.07) is 9.94. The fourth-order valence-corrected chi connectivity index (χ4v) is 3.29. The van der Waals surface area contributed by atoms with E-state index in [-0.39, 0.29) is 11.8 Å². The Balaban J connectivity index is 2.05. The molecule has 3 aromatic rings. The summed E-state index contributed by atoms with van der Waals surface area (Å²) < 4.78 is 2.07. The predicted molar refractivity (Wildman–Crippen MR) is 79.6 cm³/mol. The molecule has 2 heterocycles. The van der Waals surface area contributed by atoms with Crippen molar-refractivity contribution in [2.75, 3.05) is 0 Å². The number of amides is 2. The van der Waals surface area contributed by atoms with Crippen LogP contribution in [-0.2, 0) is 11.8 Å². The molecule has 0 fully saturated rings. The zero-order chi connectivity index (χ0) is 14.3. The van der Waals surface area contributed by atoms with Gasteiger partial charge in [-0.15, -0.1) is 11.3 Å². The summed E-state index contributed by atoms with van der Waals surface area (Å²) in [5.41, 5.74) is 5.81. The summed E-state index contributed by atoms with van der Waals surface area (Å²) >= 11 is 1.41. The minimum absolute atomic E-state index is 0.300. The number of nitrogens with one attached hydrogen (secondary N) is 2. The molecule has 2 N–H and O–H groups in total. The van der Waals surface area contributed by atoms with E-state index in [4.69, 9.17) is 0 Å². The Bertz CT molecular complexity index is 832. The van der Waals surface area contributed by atoms with Crippen LogP contribution in [0, 0.1) is 0 Å². The van der Waals surface area contributed by atoms with Gasteiger partial charge in [-0.25, -0.2) is 0 Å². The van der Waals surface area contributed by atoms with Crippen molar-refractivity contribution in [3.63, 3.8) is 0 Å². The summed E-state index contributed by atoms with van der Waals surface area (Å²) in [5, 5.41) is 2.18. The second-order valence-corrected chi connectivity index (χ2v) is 5.57. The van der Waals surface area contributed by atoms with E-state index < -0.39 is 0 Å². The van der Waals surface area contributed by atoms with Gasteiger partial charge in [-0.3, -0.25) is 20.4 Å². The van der Waals surface area contributed by atoms with E-state index in [9.17, 15) is 9.59 Å². The van der Waals surface area contributed by atoms with Crippen LogP contribution in [0.5, 0.6) is 0 Å². The number of para-hydroxylation sites is 1. The van der Waals surface area contributed by atoms with Gasteiger partial charge >= 0.3 is 0 Å². The van der Waals surface area contributed by atoms with Gasteiger partial charge in [0.1, 0.15) is 4.83 Å². The molecule has 20 heavy (non-hydrogen) atoms. The quantitative estimate of drug-likeness (QED) is 0.674. The normalized spacial score (nSPS) is 10.9. The van der Waals surface area contributed by atoms with E-state index in [1.54, 1.807) is 0 Å². The van der Waals surface area contributed by atoms with E-state index >= 15 is 0 Å². The Morgan fingerprint density at radius 3 is 2.65 bits per heavy atom. The van der Waals surface area contributed by atoms with Crippen LogP contribution >= 0.6 is 11.3 Å². The van der Waals surface area contributed by atoms with Crippen molar-refractivity contribution in [2.45, 2.75) is 6.92 Å². The number of carbonyl (C=O) groups excluding carboxylic acids is 2. The Hall–Kier alpha value is -2.34. The summed E-state index contributed by atoms with van der Waals surface area (Å²) in [7, 11) is 1.98. The molecule has 1 aromatic carbocycles. The number of aromatic nitrogens is 1. The number of fused-ring (bicyclic) bond motifs is 3. The number of aryl methyl sites for hydroxylation is 1. The molecule has 0 saturated heterocycles. The van der Waals surface area contributed by atoms with Crippen molar-refractivity contribution >= 4 is 44.3 Å². The van der Waals surface area contributed by atoms with E-state index in [2.05, 4.69) is 21.5 Å². The molecule has 0 radical (unpaired) electrons. The highest BCUT2D eigenvalue weighted by molar-refractivity contribution is 7.20. The second kappa shape index (κ2) is 4.64. The number of thiophene rings is 1. The Morgan fingerprint density at radius 2 is 1.90 bits per heavy atom. The second-order valence-electron chi connectivity index (χ2n) is 4.54. The van der Waals surface area contributed by atoms with Crippen LogP contribution in [-0.4, -0.2) is 16.4 Å². The van der Waals surface area contributed by atoms with Gasteiger partial charge in [0.15, 0.2) is 0 Å². The lowest BCUT2D eigenvalue weighted by atomic mass is 10.2. The highest BCUT2D eigenvalue weighted by atomic mass is 32.1. The first-order chi connectivity index (χ1) is 9.58. The highest BCUT2D eigenvalue weighted by Gasteiger charge is 2.15. The molecular weight excluding hydrogens is 274 g/mol. The molecule has 0 saturated carbocycles. The standard InChI is InChI=1S/C14H13N3O2S/c1-8(18)15-16-13(19)12-7-10-9-5-3-4-6-11(9)17(2)14(10)20-12/h3-7H,1-2H3,(H,15,18)(H,16,19). The molecule has 0 bridgehead atoms. The molecule has 3 rings (SSSR count). The van der Waals surface area contributed by atoms with Crippen LogP contribution in [0.1, 0.15) is 16.6 Å². The van der Waals surface area contributed by atoms with Crippen LogP contribution < -0.4 is 10.9 Å². The topological polar surface area (TPSA) is 63.1 Å². The molecule has 0 spiro atoms. The van der Waals surface area contributed by atoms with Crippen molar-refractivity contribution in [2.24, 2.45) is 7.05 Å². The molecule has 2 amide bonds. The lowest BCUT2D eigenvalue weighted by Gasteiger charge is -2.02. The van der Waals surface area contributed by atoms with Crippen LogP contribution in [0.25, 0.3) is 21.1 Å². The number of rotatable bonds is 1. The predicted octanol–water partition coefficient (Wildman–Crippen LogP) is 2.17.